The van der Waals surface area contributed by atoms with E-state index in [1.165, 1.54) is 4.90 Å². The number of likely N-dealkylation sites (N-methyl/N-ethyl adjacent to an activating group) is 1. The second kappa shape index (κ2) is 8.08. The van der Waals surface area contributed by atoms with Crippen LogP contribution in [0.3, 0.4) is 0 Å². The van der Waals surface area contributed by atoms with E-state index in [9.17, 15) is 27.2 Å². The van der Waals surface area contributed by atoms with Crippen LogP contribution in [-0.4, -0.2) is 97.9 Å². The molecule has 2 rings (SSSR count). The van der Waals surface area contributed by atoms with Crippen molar-refractivity contribution in [3.8, 4) is 0 Å². The van der Waals surface area contributed by atoms with Crippen molar-refractivity contribution in [2.24, 2.45) is 0 Å². The Morgan fingerprint density at radius 2 is 1.92 bits per heavy atom. The third-order valence-electron chi connectivity index (χ3n) is 5.33. The summed E-state index contributed by atoms with van der Waals surface area (Å²) in [5, 5.41) is 0. The molecule has 0 saturated carbocycles. The van der Waals surface area contributed by atoms with Crippen LogP contribution in [-0.2, 0) is 14.3 Å². The molecule has 0 aromatic heterocycles. The Morgan fingerprint density at radius 3 is 2.58 bits per heavy atom. The van der Waals surface area contributed by atoms with Gasteiger partial charge in [-0.05, 0) is 19.9 Å². The Bertz CT molecular complexity index is 535. The van der Waals surface area contributed by atoms with Gasteiger partial charge in [0.25, 0.3) is 0 Å². The number of halogens is 4. The van der Waals surface area contributed by atoms with Gasteiger partial charge in [-0.2, -0.15) is 8.78 Å². The quantitative estimate of drug-likeness (QED) is 0.667. The number of hydrogen-bond donors (Lipinski definition) is 0. The van der Waals surface area contributed by atoms with E-state index in [4.69, 9.17) is 0 Å². The average molecular weight is 383 g/mol. The molecule has 0 aromatic carbocycles. The highest BCUT2D eigenvalue weighted by atomic mass is 19.3. The molecule has 150 valence electrons. The molecule has 26 heavy (non-hydrogen) atoms. The van der Waals surface area contributed by atoms with Gasteiger partial charge in [-0.1, -0.05) is 0 Å². The monoisotopic (exact) mass is 383 g/mol. The fourth-order valence-corrected chi connectivity index (χ4v) is 3.40. The van der Waals surface area contributed by atoms with Gasteiger partial charge >= 0.3 is 12.3 Å². The number of alkyl halides is 4. The largest absolute Gasteiger partial charge is 0.365 e. The van der Waals surface area contributed by atoms with Crippen molar-refractivity contribution < 1.29 is 31.9 Å². The Labute approximate surface area is 150 Å². The van der Waals surface area contributed by atoms with Gasteiger partial charge in [0, 0.05) is 45.2 Å². The summed E-state index contributed by atoms with van der Waals surface area (Å²) in [6, 6.07) is 0. The minimum Gasteiger partial charge on any atom is -0.365 e. The van der Waals surface area contributed by atoms with E-state index in [0.717, 1.165) is 0 Å². The Balaban J connectivity index is 1.94. The van der Waals surface area contributed by atoms with Crippen LogP contribution in [0.1, 0.15) is 19.3 Å². The first kappa shape index (κ1) is 20.9. The minimum absolute atomic E-state index is 0.0521. The predicted molar refractivity (Wildman–Crippen MR) is 85.2 cm³/mol. The molecule has 10 heteroatoms. The molecule has 1 spiro atoms. The topological polar surface area (TPSA) is 53.1 Å². The van der Waals surface area contributed by atoms with Gasteiger partial charge in [-0.25, -0.2) is 8.78 Å². The number of carbonyl (C=O) groups excluding carboxylic acids is 2. The van der Waals surface area contributed by atoms with E-state index in [2.05, 4.69) is 9.64 Å². The molecule has 1 atom stereocenters. The highest BCUT2D eigenvalue weighted by Crippen LogP contribution is 2.32. The van der Waals surface area contributed by atoms with Gasteiger partial charge in [-0.15, -0.1) is 0 Å². The minimum atomic E-state index is -4.27. The number of hydrogen-bond acceptors (Lipinski definition) is 4. The third-order valence-corrected chi connectivity index (χ3v) is 5.33. The molecule has 0 aromatic rings. The van der Waals surface area contributed by atoms with Crippen LogP contribution in [0.15, 0.2) is 0 Å². The summed E-state index contributed by atoms with van der Waals surface area (Å²) in [6.07, 6.45) is -2.16. The summed E-state index contributed by atoms with van der Waals surface area (Å²) in [6.45, 7) is -0.248. The number of carbonyl (C=O) groups is 2. The van der Waals surface area contributed by atoms with Crippen molar-refractivity contribution in [1.82, 2.24) is 14.7 Å². The molecule has 6 nitrogen and oxygen atoms in total. The van der Waals surface area contributed by atoms with Gasteiger partial charge in [0.1, 0.15) is 13.2 Å². The van der Waals surface area contributed by atoms with Crippen LogP contribution in [0, 0.1) is 0 Å². The summed E-state index contributed by atoms with van der Waals surface area (Å²) in [4.78, 5) is 29.5. The zero-order valence-corrected chi connectivity index (χ0v) is 15.0. The summed E-state index contributed by atoms with van der Waals surface area (Å²) in [7, 11) is 3.68. The first-order chi connectivity index (χ1) is 12.1. The second-order valence-electron chi connectivity index (χ2n) is 7.08. The molecule has 0 N–H and O–H groups in total. The molecule has 2 fully saturated rings. The number of ether oxygens (including phenoxy) is 1. The maximum absolute atomic E-state index is 12.9. The molecule has 0 unspecified atom stereocenters. The van der Waals surface area contributed by atoms with Crippen LogP contribution in [0.5, 0.6) is 0 Å². The molecule has 2 aliphatic heterocycles. The average Bonchev–Trinajstić information content (AvgIpc) is 2.71. The van der Waals surface area contributed by atoms with Crippen LogP contribution in [0.4, 0.5) is 17.6 Å². The van der Waals surface area contributed by atoms with E-state index in [1.54, 1.807) is 11.9 Å². The molecule has 2 aliphatic rings. The Hall–Kier alpha value is -1.42. The standard InChI is InChI=1S/C16H25F4N3O3/c1-21-6-5-15(4-3-12(21)24)10-23(8-7-22(15)2)13(25)9-26-11-16(19,20)14(17)18/h14H,3-11H2,1-2H3/t15-/m1/s1. The normalized spacial score (nSPS) is 25.9. The highest BCUT2D eigenvalue weighted by Gasteiger charge is 2.44. The van der Waals surface area contributed by atoms with Crippen LogP contribution in [0.25, 0.3) is 0 Å². The smallest absolute Gasteiger partial charge is 0.330 e. The summed E-state index contributed by atoms with van der Waals surface area (Å²) in [5.74, 6) is -4.72. The van der Waals surface area contributed by atoms with Crippen molar-refractivity contribution in [1.29, 1.82) is 0 Å². The van der Waals surface area contributed by atoms with E-state index in [0.29, 0.717) is 45.4 Å². The van der Waals surface area contributed by atoms with Gasteiger partial charge < -0.3 is 14.5 Å². The fourth-order valence-electron chi connectivity index (χ4n) is 3.40. The second-order valence-corrected chi connectivity index (χ2v) is 7.08. The first-order valence-corrected chi connectivity index (χ1v) is 8.54. The van der Waals surface area contributed by atoms with Crippen LogP contribution in [0.2, 0.25) is 0 Å². The van der Waals surface area contributed by atoms with E-state index < -0.39 is 31.5 Å². The number of nitrogens with zero attached hydrogens (tertiary/aromatic N) is 3. The van der Waals surface area contributed by atoms with Gasteiger partial charge in [-0.3, -0.25) is 14.5 Å². The number of piperazine rings is 1. The molecular weight excluding hydrogens is 358 g/mol. The lowest BCUT2D eigenvalue weighted by atomic mass is 9.86. The third kappa shape index (κ3) is 4.64. The van der Waals surface area contributed by atoms with Crippen molar-refractivity contribution >= 4 is 11.8 Å². The Morgan fingerprint density at radius 1 is 1.23 bits per heavy atom. The lowest BCUT2D eigenvalue weighted by molar-refractivity contribution is -0.172. The van der Waals surface area contributed by atoms with Gasteiger partial charge in [0.05, 0.1) is 0 Å². The first-order valence-electron chi connectivity index (χ1n) is 8.54. The molecule has 0 bridgehead atoms. The van der Waals surface area contributed by atoms with Crippen molar-refractivity contribution in [3.05, 3.63) is 0 Å². The fraction of sp³-hybridized carbons (Fsp3) is 0.875. The zero-order chi connectivity index (χ0) is 19.5. The van der Waals surface area contributed by atoms with Crippen molar-refractivity contribution in [3.63, 3.8) is 0 Å². The highest BCUT2D eigenvalue weighted by molar-refractivity contribution is 5.78. The van der Waals surface area contributed by atoms with E-state index in [1.807, 2.05) is 7.05 Å². The molecular formula is C16H25F4N3O3. The van der Waals surface area contributed by atoms with Gasteiger partial charge in [0.15, 0.2) is 0 Å². The summed E-state index contributed by atoms with van der Waals surface area (Å²) in [5.41, 5.74) is -0.360. The van der Waals surface area contributed by atoms with Gasteiger partial charge in [0.2, 0.25) is 11.8 Å². The van der Waals surface area contributed by atoms with Crippen LogP contribution >= 0.6 is 0 Å². The molecule has 2 saturated heterocycles. The van der Waals surface area contributed by atoms with Crippen molar-refractivity contribution in [2.45, 2.75) is 37.1 Å². The molecule has 0 aliphatic carbocycles. The number of rotatable bonds is 5. The summed E-state index contributed by atoms with van der Waals surface area (Å²) >= 11 is 0. The zero-order valence-electron chi connectivity index (χ0n) is 15.0. The number of amides is 2. The van der Waals surface area contributed by atoms with E-state index in [-0.39, 0.29) is 11.4 Å². The molecule has 2 amide bonds. The number of likely N-dealkylation sites (tertiary alicyclic amines) is 1. The van der Waals surface area contributed by atoms with Crippen LogP contribution < -0.4 is 0 Å². The maximum atomic E-state index is 12.9. The van der Waals surface area contributed by atoms with E-state index >= 15 is 0 Å². The predicted octanol–water partition coefficient (Wildman–Crippen LogP) is 1.06. The summed E-state index contributed by atoms with van der Waals surface area (Å²) < 4.78 is 54.5. The lowest BCUT2D eigenvalue weighted by Crippen LogP contribution is -2.62. The molecule has 2 heterocycles. The SMILES string of the molecule is CN1CC[C@]2(CCC1=O)CN(C(=O)COCC(F)(F)C(F)F)CCN2C. The lowest BCUT2D eigenvalue weighted by Gasteiger charge is -2.49. The maximum Gasteiger partial charge on any atom is 0.330 e. The van der Waals surface area contributed by atoms with Crippen molar-refractivity contribution in [2.75, 3.05) is 53.5 Å². The molecule has 0 radical (unpaired) electrons. The Kier molecular flexibility index (Phi) is 6.49.